The number of carbonyl (C=O) groups excluding carboxylic acids is 2. The van der Waals surface area contributed by atoms with Gasteiger partial charge in [0.05, 0.1) is 17.8 Å². The minimum absolute atomic E-state index is 0.0226. The highest BCUT2D eigenvalue weighted by Crippen LogP contribution is 2.44. The molecule has 2 saturated heterocycles. The molecule has 0 unspecified atom stereocenters. The van der Waals surface area contributed by atoms with Crippen LogP contribution in [0.4, 0.5) is 10.1 Å². The Hall–Kier alpha value is -2.23. The number of aliphatic hydroxyl groups is 1. The van der Waals surface area contributed by atoms with Crippen molar-refractivity contribution in [2.75, 3.05) is 31.2 Å². The molecule has 2 aromatic rings. The minimum Gasteiger partial charge on any atom is -0.481 e. The van der Waals surface area contributed by atoms with Crippen LogP contribution in [0.5, 0.6) is 5.75 Å². The van der Waals surface area contributed by atoms with Crippen molar-refractivity contribution in [3.8, 4) is 5.75 Å². The average Bonchev–Trinajstić information content (AvgIpc) is 3.33. The third-order valence-corrected chi connectivity index (χ3v) is 6.86. The number of benzene rings is 2. The zero-order chi connectivity index (χ0) is 23.3. The highest BCUT2D eigenvalue weighted by molar-refractivity contribution is 6.35. The number of ether oxygens (including phenoxy) is 2. The number of amides is 2. The lowest BCUT2D eigenvalue weighted by Gasteiger charge is -2.30. The van der Waals surface area contributed by atoms with Gasteiger partial charge in [-0.05, 0) is 42.7 Å². The molecular weight excluding hydrogens is 474 g/mol. The number of hydrogen-bond acceptors (Lipinski definition) is 6. The number of imide groups is 1. The Morgan fingerprint density at radius 2 is 1.88 bits per heavy atom. The van der Waals surface area contributed by atoms with Gasteiger partial charge >= 0.3 is 0 Å². The van der Waals surface area contributed by atoms with Gasteiger partial charge in [-0.25, -0.2) is 9.29 Å². The van der Waals surface area contributed by atoms with Gasteiger partial charge in [0.15, 0.2) is 11.6 Å². The van der Waals surface area contributed by atoms with E-state index in [1.165, 1.54) is 12.1 Å². The number of likely N-dealkylation sites (tertiary alicyclic amines) is 1. The molecule has 5 rings (SSSR count). The first kappa shape index (κ1) is 22.6. The summed E-state index contributed by atoms with van der Waals surface area (Å²) in [6.07, 6.45) is 0.249. The second-order valence-corrected chi connectivity index (χ2v) is 9.28. The van der Waals surface area contributed by atoms with E-state index >= 15 is 4.39 Å². The molecular formula is C23H21Cl2FN2O5. The van der Waals surface area contributed by atoms with Crippen LogP contribution in [0, 0.1) is 5.82 Å². The lowest BCUT2D eigenvalue weighted by molar-refractivity contribution is -0.138. The van der Waals surface area contributed by atoms with E-state index in [1.807, 2.05) is 0 Å². The van der Waals surface area contributed by atoms with E-state index in [4.69, 9.17) is 32.7 Å². The number of fused-ring (bicyclic) bond motifs is 1. The maximum atomic E-state index is 15.1. The van der Waals surface area contributed by atoms with Gasteiger partial charge in [-0.15, -0.1) is 0 Å². The number of nitrogens with zero attached hydrogens (tertiary/aromatic N) is 2. The summed E-state index contributed by atoms with van der Waals surface area (Å²) in [5, 5.41) is 11.0. The van der Waals surface area contributed by atoms with Gasteiger partial charge in [-0.3, -0.25) is 14.5 Å². The van der Waals surface area contributed by atoms with Gasteiger partial charge in [0.2, 0.25) is 0 Å². The molecule has 0 aromatic heterocycles. The Morgan fingerprint density at radius 1 is 1.12 bits per heavy atom. The van der Waals surface area contributed by atoms with Crippen molar-refractivity contribution in [3.63, 3.8) is 0 Å². The van der Waals surface area contributed by atoms with Crippen LogP contribution in [0.3, 0.4) is 0 Å². The molecule has 2 fully saturated rings. The van der Waals surface area contributed by atoms with Crippen molar-refractivity contribution in [2.24, 2.45) is 0 Å². The highest BCUT2D eigenvalue weighted by atomic mass is 35.5. The predicted octanol–water partition coefficient (Wildman–Crippen LogP) is 3.13. The first-order valence-corrected chi connectivity index (χ1v) is 11.4. The van der Waals surface area contributed by atoms with Crippen molar-refractivity contribution < 1.29 is 28.6 Å². The van der Waals surface area contributed by atoms with Gasteiger partial charge in [0.25, 0.3) is 11.8 Å². The van der Waals surface area contributed by atoms with Crippen molar-refractivity contribution in [1.29, 1.82) is 0 Å². The lowest BCUT2D eigenvalue weighted by atomic mass is 10.1. The second-order valence-electron chi connectivity index (χ2n) is 8.43. The Kier molecular flexibility index (Phi) is 6.05. The third kappa shape index (κ3) is 4.22. The summed E-state index contributed by atoms with van der Waals surface area (Å²) in [5.74, 6) is -1.84. The number of anilines is 1. The lowest BCUT2D eigenvalue weighted by Crippen LogP contribution is -2.46. The molecule has 3 atom stereocenters. The molecule has 2 amide bonds. The number of halogens is 3. The number of β-amino-alcohol motifs (C(OH)–C–C–N with tert-alkyl or cyclic N) is 1. The van der Waals surface area contributed by atoms with Crippen LogP contribution in [0.2, 0.25) is 10.0 Å². The van der Waals surface area contributed by atoms with E-state index in [0.29, 0.717) is 36.0 Å². The first-order valence-electron chi connectivity index (χ1n) is 10.6. The van der Waals surface area contributed by atoms with Crippen LogP contribution in [0.15, 0.2) is 30.3 Å². The SMILES string of the molecule is O=C1COCC(=O)N1c1ccc(O[C@H]2c3cc(Cl)cc(Cl)c3C[C@@H]2N2CC[C@@H](O)C2)c(F)c1. The summed E-state index contributed by atoms with van der Waals surface area (Å²) in [7, 11) is 0. The predicted molar refractivity (Wildman–Crippen MR) is 119 cm³/mol. The average molecular weight is 495 g/mol. The third-order valence-electron chi connectivity index (χ3n) is 6.31. The van der Waals surface area contributed by atoms with Crippen molar-refractivity contribution in [3.05, 3.63) is 57.3 Å². The maximum absolute atomic E-state index is 15.1. The smallest absolute Gasteiger partial charge is 0.259 e. The fourth-order valence-electron chi connectivity index (χ4n) is 4.79. The molecule has 2 aromatic carbocycles. The zero-order valence-corrected chi connectivity index (χ0v) is 19.0. The Morgan fingerprint density at radius 3 is 2.55 bits per heavy atom. The fraction of sp³-hybridized carbons (Fsp3) is 0.391. The second kappa shape index (κ2) is 8.85. The molecule has 0 radical (unpaired) electrons. The molecule has 0 saturated carbocycles. The summed E-state index contributed by atoms with van der Waals surface area (Å²) in [6, 6.07) is 7.26. The largest absolute Gasteiger partial charge is 0.481 e. The molecule has 7 nitrogen and oxygen atoms in total. The van der Waals surface area contributed by atoms with E-state index in [2.05, 4.69) is 4.90 Å². The summed E-state index contributed by atoms with van der Waals surface area (Å²) >= 11 is 12.7. The van der Waals surface area contributed by atoms with Crippen LogP contribution in [-0.2, 0) is 20.7 Å². The van der Waals surface area contributed by atoms with Crippen LogP contribution in [-0.4, -0.2) is 60.3 Å². The van der Waals surface area contributed by atoms with E-state index in [-0.39, 0.29) is 30.7 Å². The summed E-state index contributed by atoms with van der Waals surface area (Å²) < 4.78 is 26.2. The monoisotopic (exact) mass is 494 g/mol. The van der Waals surface area contributed by atoms with E-state index in [1.54, 1.807) is 12.1 Å². The molecule has 3 aliphatic rings. The normalized spacial score (nSPS) is 25.6. The van der Waals surface area contributed by atoms with Crippen LogP contribution < -0.4 is 9.64 Å². The van der Waals surface area contributed by atoms with Crippen molar-refractivity contribution >= 4 is 40.7 Å². The van der Waals surface area contributed by atoms with Crippen LogP contribution in [0.1, 0.15) is 23.7 Å². The molecule has 1 aliphatic carbocycles. The number of rotatable bonds is 4. The topological polar surface area (TPSA) is 79.3 Å². The van der Waals surface area contributed by atoms with E-state index < -0.39 is 29.8 Å². The number of morpholine rings is 1. The first-order chi connectivity index (χ1) is 15.8. The van der Waals surface area contributed by atoms with Gasteiger partial charge in [0.1, 0.15) is 19.3 Å². The number of aliphatic hydroxyl groups excluding tert-OH is 1. The Bertz CT molecular complexity index is 1110. The Balaban J connectivity index is 1.46. The molecule has 0 spiro atoms. The fourth-order valence-corrected chi connectivity index (χ4v) is 5.38. The highest BCUT2D eigenvalue weighted by Gasteiger charge is 2.42. The molecule has 33 heavy (non-hydrogen) atoms. The summed E-state index contributed by atoms with van der Waals surface area (Å²) in [6.45, 7) is 0.699. The van der Waals surface area contributed by atoms with Crippen molar-refractivity contribution in [1.82, 2.24) is 4.90 Å². The quantitative estimate of drug-likeness (QED) is 0.657. The minimum atomic E-state index is -0.707. The number of carbonyl (C=O) groups is 2. The van der Waals surface area contributed by atoms with Gasteiger partial charge in [0, 0.05) is 34.8 Å². The van der Waals surface area contributed by atoms with E-state index in [0.717, 1.165) is 22.1 Å². The number of hydrogen-bond donors (Lipinski definition) is 1. The van der Waals surface area contributed by atoms with Gasteiger partial charge in [-0.2, -0.15) is 0 Å². The van der Waals surface area contributed by atoms with Crippen LogP contribution >= 0.6 is 23.2 Å². The van der Waals surface area contributed by atoms with E-state index in [9.17, 15) is 14.7 Å². The van der Waals surface area contributed by atoms with Gasteiger partial charge in [-0.1, -0.05) is 23.2 Å². The van der Waals surface area contributed by atoms with Crippen molar-refractivity contribution in [2.45, 2.75) is 31.1 Å². The molecule has 174 valence electrons. The summed E-state index contributed by atoms with van der Waals surface area (Å²) in [4.78, 5) is 27.2. The Labute approximate surface area is 199 Å². The standard InChI is InChI=1S/C23H21Cl2FN2O5/c24-12-5-16-15(17(25)6-12)8-19(27-4-3-14(29)9-27)23(16)33-20-2-1-13(7-18(20)26)28-21(30)10-32-11-22(28)31/h1-2,5-7,14,19,23,29H,3-4,8-11H2/t14-,19+,23+/m1/s1. The molecule has 0 bridgehead atoms. The van der Waals surface area contributed by atoms with Crippen LogP contribution in [0.25, 0.3) is 0 Å². The van der Waals surface area contributed by atoms with Gasteiger partial charge < -0.3 is 14.6 Å². The summed E-state index contributed by atoms with van der Waals surface area (Å²) in [5.41, 5.74) is 1.79. The molecule has 10 heteroatoms. The zero-order valence-electron chi connectivity index (χ0n) is 17.5. The maximum Gasteiger partial charge on any atom is 0.259 e. The molecule has 1 N–H and O–H groups in total. The molecule has 2 aliphatic heterocycles. The molecule has 2 heterocycles.